The zero-order valence-electron chi connectivity index (χ0n) is 31.7. The number of aromatic nitrogens is 5. The van der Waals surface area contributed by atoms with E-state index in [0.29, 0.717) is 13.1 Å². The van der Waals surface area contributed by atoms with Crippen molar-refractivity contribution in [3.05, 3.63) is 78.6 Å². The van der Waals surface area contributed by atoms with Gasteiger partial charge in [0, 0.05) is 18.5 Å². The predicted molar refractivity (Wildman–Crippen MR) is 205 cm³/mol. The molecule has 3 N–H and O–H groups in total. The zero-order valence-corrected chi connectivity index (χ0v) is 31.7. The molecule has 3 aromatic heterocycles. The van der Waals surface area contributed by atoms with E-state index in [1.807, 2.05) is 57.8 Å². The first-order valence-corrected chi connectivity index (χ1v) is 18.6. The molecule has 2 fully saturated rings. The highest BCUT2D eigenvalue weighted by Crippen LogP contribution is 2.35. The van der Waals surface area contributed by atoms with Crippen LogP contribution in [0, 0.1) is 5.92 Å². The van der Waals surface area contributed by atoms with Crippen molar-refractivity contribution in [2.45, 2.75) is 84.0 Å². The third-order valence-electron chi connectivity index (χ3n) is 10.1. The van der Waals surface area contributed by atoms with Crippen molar-refractivity contribution in [1.82, 2.24) is 40.0 Å². The summed E-state index contributed by atoms with van der Waals surface area (Å²) >= 11 is 0. The number of hydrogen-bond donors (Lipinski definition) is 3. The molecule has 54 heavy (non-hydrogen) atoms. The van der Waals surface area contributed by atoms with Crippen LogP contribution in [-0.4, -0.2) is 84.7 Å². The van der Waals surface area contributed by atoms with E-state index in [2.05, 4.69) is 67.7 Å². The van der Waals surface area contributed by atoms with Gasteiger partial charge < -0.3 is 29.7 Å². The molecule has 2 saturated heterocycles. The molecule has 0 bridgehead atoms. The van der Waals surface area contributed by atoms with Gasteiger partial charge in [0.1, 0.15) is 23.3 Å². The first-order valence-electron chi connectivity index (χ1n) is 18.6. The molecule has 7 rings (SSSR count). The zero-order chi connectivity index (χ0) is 38.1. The van der Waals surface area contributed by atoms with Gasteiger partial charge in [-0.1, -0.05) is 50.2 Å². The number of likely N-dealkylation sites (tertiary alicyclic amines) is 2. The van der Waals surface area contributed by atoms with Gasteiger partial charge in [-0.3, -0.25) is 9.69 Å². The van der Waals surface area contributed by atoms with Gasteiger partial charge in [0.2, 0.25) is 5.91 Å². The molecule has 3 atom stereocenters. The van der Waals surface area contributed by atoms with Gasteiger partial charge in [-0.05, 0) is 87.3 Å². The standard InChI is InChI=1S/C41H48N8O5/c1-24(2)35(47-39(51)53-6)38(50)48-19-7-9-33(48)36-42-22-31(45-36)26-13-11-25(12-14-26)27-15-17-29-28(21-27)16-18-30(44-29)32-23-43-37(46-32)34-10-8-20-49(34)40(52)54-41(3,4)5/h11-18,21-24,33-35H,7-10,19-20H2,1-6H3,(H,42,45)(H,43,46)(H,47,51)/t33-,34-,35-/m0/s1. The Balaban J connectivity index is 1.03. The van der Waals surface area contributed by atoms with Crippen molar-refractivity contribution < 1.29 is 23.9 Å². The number of nitrogens with zero attached hydrogens (tertiary/aromatic N) is 5. The summed E-state index contributed by atoms with van der Waals surface area (Å²) in [6.45, 7) is 10.7. The number of pyridine rings is 1. The Hall–Kier alpha value is -5.72. The molecule has 2 aliphatic rings. The van der Waals surface area contributed by atoms with Crippen LogP contribution in [0.5, 0.6) is 0 Å². The average Bonchev–Trinajstić information content (AvgIpc) is 3.98. The van der Waals surface area contributed by atoms with E-state index >= 15 is 0 Å². The highest BCUT2D eigenvalue weighted by Gasteiger charge is 2.38. The van der Waals surface area contributed by atoms with Crippen molar-refractivity contribution in [2.75, 3.05) is 20.2 Å². The van der Waals surface area contributed by atoms with Crippen LogP contribution in [0.25, 0.3) is 44.7 Å². The fourth-order valence-electron chi connectivity index (χ4n) is 7.37. The first-order chi connectivity index (χ1) is 25.9. The summed E-state index contributed by atoms with van der Waals surface area (Å²) in [7, 11) is 1.29. The number of rotatable bonds is 8. The van der Waals surface area contributed by atoms with E-state index in [0.717, 1.165) is 82.0 Å². The molecule has 2 aromatic carbocycles. The smallest absolute Gasteiger partial charge is 0.410 e. The van der Waals surface area contributed by atoms with Crippen molar-refractivity contribution >= 4 is 29.0 Å². The fraction of sp³-hybridized carbons (Fsp3) is 0.415. The molecule has 0 aliphatic carbocycles. The van der Waals surface area contributed by atoms with E-state index in [-0.39, 0.29) is 30.0 Å². The van der Waals surface area contributed by atoms with Gasteiger partial charge in [-0.2, -0.15) is 0 Å². The van der Waals surface area contributed by atoms with Gasteiger partial charge in [-0.15, -0.1) is 0 Å². The summed E-state index contributed by atoms with van der Waals surface area (Å²) in [5.41, 5.74) is 5.88. The minimum absolute atomic E-state index is 0.0988. The number of nitrogens with one attached hydrogen (secondary N) is 3. The average molecular weight is 733 g/mol. The Labute approximate surface area is 314 Å². The minimum Gasteiger partial charge on any atom is -0.453 e. The number of amides is 3. The topological polar surface area (TPSA) is 158 Å². The Morgan fingerprint density at radius 1 is 0.815 bits per heavy atom. The quantitative estimate of drug-likeness (QED) is 0.146. The van der Waals surface area contributed by atoms with Gasteiger partial charge in [0.05, 0.1) is 54.2 Å². The number of H-pyrrole nitrogens is 2. The number of methoxy groups -OCH3 is 1. The maximum atomic E-state index is 13.5. The predicted octanol–water partition coefficient (Wildman–Crippen LogP) is 7.80. The number of benzene rings is 2. The van der Waals surface area contributed by atoms with Crippen LogP contribution in [0.1, 0.15) is 84.0 Å². The van der Waals surface area contributed by atoms with Crippen LogP contribution in [0.2, 0.25) is 0 Å². The Morgan fingerprint density at radius 2 is 1.43 bits per heavy atom. The lowest BCUT2D eigenvalue weighted by Gasteiger charge is -2.30. The van der Waals surface area contributed by atoms with E-state index < -0.39 is 17.7 Å². The number of imidazole rings is 2. The van der Waals surface area contributed by atoms with Crippen molar-refractivity contribution in [1.29, 1.82) is 0 Å². The van der Waals surface area contributed by atoms with E-state index in [4.69, 9.17) is 14.5 Å². The molecule has 5 heterocycles. The van der Waals surface area contributed by atoms with Gasteiger partial charge >= 0.3 is 12.2 Å². The van der Waals surface area contributed by atoms with Crippen molar-refractivity contribution in [3.8, 4) is 33.8 Å². The molecule has 2 aliphatic heterocycles. The highest BCUT2D eigenvalue weighted by molar-refractivity contribution is 5.87. The van der Waals surface area contributed by atoms with E-state index in [9.17, 15) is 14.4 Å². The molecule has 3 amide bonds. The summed E-state index contributed by atoms with van der Waals surface area (Å²) in [5.74, 6) is 1.23. The lowest BCUT2D eigenvalue weighted by Crippen LogP contribution is -2.51. The lowest BCUT2D eigenvalue weighted by atomic mass is 10.0. The van der Waals surface area contributed by atoms with Crippen LogP contribution in [0.3, 0.4) is 0 Å². The summed E-state index contributed by atoms with van der Waals surface area (Å²) in [4.78, 5) is 63.0. The third-order valence-corrected chi connectivity index (χ3v) is 10.1. The molecule has 13 nitrogen and oxygen atoms in total. The normalized spacial score (nSPS) is 18.0. The van der Waals surface area contributed by atoms with Gasteiger partial charge in [0.25, 0.3) is 0 Å². The number of carbonyl (C=O) groups excluding carboxylic acids is 3. The van der Waals surface area contributed by atoms with Crippen LogP contribution in [0.15, 0.2) is 67.0 Å². The molecular formula is C41H48N8O5. The Bertz CT molecular complexity index is 2150. The van der Waals surface area contributed by atoms with Crippen LogP contribution >= 0.6 is 0 Å². The lowest BCUT2D eigenvalue weighted by molar-refractivity contribution is -0.135. The molecular weight excluding hydrogens is 685 g/mol. The van der Waals surface area contributed by atoms with Gasteiger partial charge in [0.15, 0.2) is 0 Å². The molecule has 13 heteroatoms. The highest BCUT2D eigenvalue weighted by atomic mass is 16.6. The summed E-state index contributed by atoms with van der Waals surface area (Å²) in [6, 6.07) is 17.6. The van der Waals surface area contributed by atoms with E-state index in [1.165, 1.54) is 7.11 Å². The molecule has 0 radical (unpaired) electrons. The number of carbonyl (C=O) groups is 3. The Kier molecular flexibility index (Phi) is 10.1. The third kappa shape index (κ3) is 7.66. The minimum atomic E-state index is -0.681. The Morgan fingerprint density at radius 3 is 2.09 bits per heavy atom. The second kappa shape index (κ2) is 15.0. The van der Waals surface area contributed by atoms with E-state index in [1.54, 1.807) is 11.1 Å². The largest absolute Gasteiger partial charge is 0.453 e. The van der Waals surface area contributed by atoms with Crippen molar-refractivity contribution in [3.63, 3.8) is 0 Å². The first kappa shape index (κ1) is 36.6. The number of alkyl carbamates (subject to hydrolysis) is 1. The molecule has 0 unspecified atom stereocenters. The maximum absolute atomic E-state index is 13.5. The van der Waals surface area contributed by atoms with Gasteiger partial charge in [-0.25, -0.2) is 24.5 Å². The number of ether oxygens (including phenoxy) is 2. The fourth-order valence-corrected chi connectivity index (χ4v) is 7.37. The number of aromatic amines is 2. The summed E-state index contributed by atoms with van der Waals surface area (Å²) in [6.07, 6.45) is 6.01. The molecule has 0 spiro atoms. The molecule has 5 aromatic rings. The van der Waals surface area contributed by atoms with Crippen LogP contribution in [-0.2, 0) is 14.3 Å². The molecule has 0 saturated carbocycles. The SMILES string of the molecule is COC(=O)N[C@H](C(=O)N1CCC[C@H]1c1ncc(-c2ccc(-c3ccc4nc(-c5cnc([C@@H]6CCCN6C(=O)OC(C)(C)C)[nH]5)ccc4c3)cc2)[nH]1)C(C)C. The van der Waals surface area contributed by atoms with Crippen LogP contribution < -0.4 is 5.32 Å². The van der Waals surface area contributed by atoms with Crippen molar-refractivity contribution in [2.24, 2.45) is 5.92 Å². The number of hydrogen-bond acceptors (Lipinski definition) is 8. The number of fused-ring (bicyclic) bond motifs is 1. The molecule has 282 valence electrons. The second-order valence-electron chi connectivity index (χ2n) is 15.4. The second-order valence-corrected chi connectivity index (χ2v) is 15.4. The maximum Gasteiger partial charge on any atom is 0.410 e. The monoisotopic (exact) mass is 732 g/mol. The summed E-state index contributed by atoms with van der Waals surface area (Å²) < 4.78 is 10.4. The summed E-state index contributed by atoms with van der Waals surface area (Å²) in [5, 5.41) is 3.71. The van der Waals surface area contributed by atoms with Crippen LogP contribution in [0.4, 0.5) is 9.59 Å².